The van der Waals surface area contributed by atoms with Crippen LogP contribution in [0.25, 0.3) is 0 Å². The van der Waals surface area contributed by atoms with E-state index in [-0.39, 0.29) is 56.8 Å². The van der Waals surface area contributed by atoms with E-state index in [0.29, 0.717) is 50.3 Å². The zero-order valence-corrected chi connectivity index (χ0v) is 34.0. The van der Waals surface area contributed by atoms with Gasteiger partial charge < -0.3 is 40.1 Å². The van der Waals surface area contributed by atoms with Gasteiger partial charge in [-0.1, -0.05) is 19.1 Å². The molecule has 2 aromatic carbocycles. The second-order valence-corrected chi connectivity index (χ2v) is 16.8. The van der Waals surface area contributed by atoms with Crippen LogP contribution in [-0.4, -0.2) is 125 Å². The number of benzene rings is 2. The molecule has 0 saturated carbocycles. The number of hydrogen-bond donors (Lipinski definition) is 3. The summed E-state index contributed by atoms with van der Waals surface area (Å²) in [6, 6.07) is 1.01. The van der Waals surface area contributed by atoms with Gasteiger partial charge in [-0.2, -0.15) is 0 Å². The number of carbonyl (C=O) groups excluding carboxylic acids is 7. The Morgan fingerprint density at radius 3 is 2.32 bits per heavy atom. The highest BCUT2D eigenvalue weighted by atomic mass is 19.1. The van der Waals surface area contributed by atoms with Crippen LogP contribution in [0.15, 0.2) is 36.4 Å². The van der Waals surface area contributed by atoms with Gasteiger partial charge in [0.05, 0.1) is 13.0 Å². The van der Waals surface area contributed by atoms with E-state index in [1.807, 2.05) is 13.0 Å². The third kappa shape index (κ3) is 9.24. The fraction of sp³-hybridized carbons (Fsp3) is 0.558. The number of amides is 6. The Morgan fingerprint density at radius 1 is 0.833 bits per heavy atom. The average molecular weight is 835 g/mol. The minimum absolute atomic E-state index is 0.0473. The molecule has 5 aliphatic heterocycles. The van der Waals surface area contributed by atoms with Crippen molar-refractivity contribution in [2.75, 3.05) is 26.2 Å². The lowest BCUT2D eigenvalue weighted by molar-refractivity contribution is -0.163. The van der Waals surface area contributed by atoms with Crippen molar-refractivity contribution >= 4 is 41.4 Å². The average Bonchev–Trinajstić information content (AvgIpc) is 3.98. The minimum Gasteiger partial charge on any atom is -0.493 e. The van der Waals surface area contributed by atoms with Gasteiger partial charge in [0, 0.05) is 38.5 Å². The standard InChI is InChI=1S/C43H52F2N6O9/c1-23-15-34-43(58)60-25(3)37(42(57)50-13-6-8-33(50)41(56)49-12-5-4-7-32(49)39(54)46-24(2)40(55)51(34)22-23)48-38(53)31(19-27-17-29(44)21-30(45)18-27)47-36(52)20-26-9-10-35-28(16-26)11-14-59-35/h9-10,16-18,21,23-25,31-34,37H,4-8,11-15,19-20,22H2,1-3H3,(H,46,54)(H,47,52)(H,48,53)/t23-,24+,25+,31+,32+,33+,34+,37+/m1/s1. The van der Waals surface area contributed by atoms with E-state index >= 15 is 0 Å². The second kappa shape index (κ2) is 17.9. The maximum Gasteiger partial charge on any atom is 0.329 e. The van der Waals surface area contributed by atoms with Gasteiger partial charge in [-0.3, -0.25) is 28.8 Å². The van der Waals surface area contributed by atoms with Gasteiger partial charge in [0.2, 0.25) is 35.4 Å². The summed E-state index contributed by atoms with van der Waals surface area (Å²) in [5.74, 6) is -5.73. The first-order chi connectivity index (χ1) is 28.7. The van der Waals surface area contributed by atoms with Crippen molar-refractivity contribution in [3.05, 3.63) is 64.7 Å². The van der Waals surface area contributed by atoms with Gasteiger partial charge in [0.25, 0.3) is 0 Å². The molecule has 6 amide bonds. The first-order valence-corrected chi connectivity index (χ1v) is 20.9. The molecular formula is C43H52F2N6O9. The van der Waals surface area contributed by atoms with Crippen molar-refractivity contribution in [2.24, 2.45) is 5.92 Å². The van der Waals surface area contributed by atoms with Crippen molar-refractivity contribution in [1.82, 2.24) is 30.7 Å². The van der Waals surface area contributed by atoms with E-state index in [4.69, 9.17) is 9.47 Å². The molecule has 3 N–H and O–H groups in total. The van der Waals surface area contributed by atoms with Crippen LogP contribution >= 0.6 is 0 Å². The number of ether oxygens (including phenoxy) is 2. The summed E-state index contributed by atoms with van der Waals surface area (Å²) in [5.41, 5.74) is 1.62. The highest BCUT2D eigenvalue weighted by molar-refractivity contribution is 5.98. The number of nitrogens with zero attached hydrogens (tertiary/aromatic N) is 3. The molecule has 0 aromatic heterocycles. The van der Waals surface area contributed by atoms with Crippen molar-refractivity contribution in [2.45, 2.75) is 121 Å². The Kier molecular flexibility index (Phi) is 12.7. The fourth-order valence-electron chi connectivity index (χ4n) is 9.18. The molecule has 4 saturated heterocycles. The first-order valence-electron chi connectivity index (χ1n) is 20.9. The Bertz CT molecular complexity index is 2030. The highest BCUT2D eigenvalue weighted by Crippen LogP contribution is 2.29. The molecule has 4 fully saturated rings. The monoisotopic (exact) mass is 834 g/mol. The zero-order chi connectivity index (χ0) is 42.8. The Hall–Kier alpha value is -5.61. The molecule has 2 aromatic rings. The summed E-state index contributed by atoms with van der Waals surface area (Å²) in [5, 5.41) is 8.12. The molecule has 15 nitrogen and oxygen atoms in total. The Labute approximate surface area is 346 Å². The second-order valence-electron chi connectivity index (χ2n) is 16.8. The number of hydrogen-bond acceptors (Lipinski definition) is 9. The first kappa shape index (κ1) is 42.5. The maximum atomic E-state index is 14.8. The largest absolute Gasteiger partial charge is 0.493 e. The van der Waals surface area contributed by atoms with Crippen LogP contribution in [0, 0.1) is 17.6 Å². The third-order valence-electron chi connectivity index (χ3n) is 12.2. The summed E-state index contributed by atoms with van der Waals surface area (Å²) in [7, 11) is 0. The molecule has 60 heavy (non-hydrogen) atoms. The quantitative estimate of drug-likeness (QED) is 0.350. The molecule has 0 aliphatic carbocycles. The van der Waals surface area contributed by atoms with E-state index < -0.39 is 95.4 Å². The van der Waals surface area contributed by atoms with Crippen LogP contribution in [0.2, 0.25) is 0 Å². The normalized spacial score (nSPS) is 27.9. The number of fused-ring (bicyclic) bond motifs is 4. The molecule has 0 unspecified atom stereocenters. The van der Waals surface area contributed by atoms with E-state index in [0.717, 1.165) is 23.4 Å². The van der Waals surface area contributed by atoms with Gasteiger partial charge >= 0.3 is 5.97 Å². The number of rotatable bonds is 7. The Balaban J connectivity index is 1.20. The smallest absolute Gasteiger partial charge is 0.329 e. The molecule has 322 valence electrons. The predicted octanol–water partition coefficient (Wildman–Crippen LogP) is 1.71. The third-order valence-corrected chi connectivity index (χ3v) is 12.2. The molecule has 5 heterocycles. The van der Waals surface area contributed by atoms with Crippen molar-refractivity contribution < 1.29 is 51.8 Å². The number of carbonyl (C=O) groups is 7. The lowest BCUT2D eigenvalue weighted by Crippen LogP contribution is -2.63. The summed E-state index contributed by atoms with van der Waals surface area (Å²) in [6.07, 6.45) is 1.39. The van der Waals surface area contributed by atoms with Crippen LogP contribution < -0.4 is 20.7 Å². The zero-order valence-electron chi connectivity index (χ0n) is 34.0. The lowest BCUT2D eigenvalue weighted by Gasteiger charge is -2.39. The molecule has 5 aliphatic rings. The van der Waals surface area contributed by atoms with Crippen LogP contribution in [0.5, 0.6) is 5.75 Å². The van der Waals surface area contributed by atoms with E-state index in [2.05, 4.69) is 16.0 Å². The van der Waals surface area contributed by atoms with Crippen LogP contribution in [0.3, 0.4) is 0 Å². The number of nitrogens with one attached hydrogen (secondary N) is 3. The number of cyclic esters (lactones) is 1. The molecule has 17 heteroatoms. The van der Waals surface area contributed by atoms with Crippen molar-refractivity contribution in [3.8, 4) is 5.75 Å². The minimum atomic E-state index is -1.61. The summed E-state index contributed by atoms with van der Waals surface area (Å²) >= 11 is 0. The molecule has 8 atom stereocenters. The predicted molar refractivity (Wildman–Crippen MR) is 210 cm³/mol. The molecular weight excluding hydrogens is 783 g/mol. The van der Waals surface area contributed by atoms with E-state index in [9.17, 15) is 42.3 Å². The van der Waals surface area contributed by atoms with Gasteiger partial charge in [-0.15, -0.1) is 0 Å². The summed E-state index contributed by atoms with van der Waals surface area (Å²) < 4.78 is 40.3. The van der Waals surface area contributed by atoms with Gasteiger partial charge in [0.1, 0.15) is 59.7 Å². The number of esters is 1. The van der Waals surface area contributed by atoms with Gasteiger partial charge in [-0.25, -0.2) is 13.6 Å². The van der Waals surface area contributed by atoms with E-state index in [1.54, 1.807) is 12.1 Å². The maximum absolute atomic E-state index is 14.8. The SMILES string of the molecule is C[C@@H]1C[C@H]2C(=O)O[C@@H](C)[C@H](NC(=O)[C@H](Cc3cc(F)cc(F)c3)NC(=O)Cc3ccc4c(c3)CCO4)C(=O)N3CCC[C@H]3C(=O)N3CCCC[C@H]3C(=O)N[C@@H](C)C(=O)N2C1. The molecule has 0 bridgehead atoms. The molecule has 7 rings (SSSR count). The van der Waals surface area contributed by atoms with Crippen LogP contribution in [0.4, 0.5) is 8.78 Å². The van der Waals surface area contributed by atoms with Crippen molar-refractivity contribution in [3.63, 3.8) is 0 Å². The molecule has 0 spiro atoms. The Morgan fingerprint density at radius 2 is 1.55 bits per heavy atom. The summed E-state index contributed by atoms with van der Waals surface area (Å²) in [6.45, 7) is 5.92. The van der Waals surface area contributed by atoms with Crippen LogP contribution in [0.1, 0.15) is 76.0 Å². The highest BCUT2D eigenvalue weighted by Gasteiger charge is 2.47. The van der Waals surface area contributed by atoms with Crippen LogP contribution in [-0.2, 0) is 57.6 Å². The topological polar surface area (TPSA) is 184 Å². The van der Waals surface area contributed by atoms with E-state index in [1.165, 1.54) is 28.5 Å². The lowest BCUT2D eigenvalue weighted by atomic mass is 9.99. The fourth-order valence-corrected chi connectivity index (χ4v) is 9.18. The number of halogens is 2. The van der Waals surface area contributed by atoms with Crippen molar-refractivity contribution in [1.29, 1.82) is 0 Å². The molecule has 0 radical (unpaired) electrons. The summed E-state index contributed by atoms with van der Waals surface area (Å²) in [4.78, 5) is 103. The van der Waals surface area contributed by atoms with Gasteiger partial charge in [-0.05, 0) is 93.2 Å². The van der Waals surface area contributed by atoms with Gasteiger partial charge in [0.15, 0.2) is 0 Å². The number of piperidine rings is 1.